The maximum absolute atomic E-state index is 6.03. The van der Waals surface area contributed by atoms with Crippen molar-refractivity contribution in [1.82, 2.24) is 14.6 Å². The average Bonchev–Trinajstić information content (AvgIpc) is 2.90. The fourth-order valence-electron chi connectivity index (χ4n) is 1.80. The van der Waals surface area contributed by atoms with Gasteiger partial charge in [0.15, 0.2) is 11.5 Å². The van der Waals surface area contributed by atoms with Gasteiger partial charge in [-0.05, 0) is 36.4 Å². The SMILES string of the molecule is COc1ccc(OCc2nc3cccc(Cl)n3n2)cc1. The normalized spacial score (nSPS) is 10.7. The lowest BCUT2D eigenvalue weighted by Crippen LogP contribution is -1.98. The summed E-state index contributed by atoms with van der Waals surface area (Å²) in [6, 6.07) is 12.8. The van der Waals surface area contributed by atoms with E-state index >= 15 is 0 Å². The molecule has 2 aromatic heterocycles. The number of nitrogens with zero attached hydrogens (tertiary/aromatic N) is 3. The van der Waals surface area contributed by atoms with Gasteiger partial charge in [-0.1, -0.05) is 17.7 Å². The van der Waals surface area contributed by atoms with Crippen LogP contribution in [0.25, 0.3) is 5.65 Å². The Bertz CT molecular complexity index is 725. The Morgan fingerprint density at radius 1 is 1.10 bits per heavy atom. The summed E-state index contributed by atoms with van der Waals surface area (Å²) >= 11 is 6.03. The molecule has 0 radical (unpaired) electrons. The molecular weight excluding hydrogens is 278 g/mol. The highest BCUT2D eigenvalue weighted by Crippen LogP contribution is 2.18. The quantitative estimate of drug-likeness (QED) is 0.693. The number of hydrogen-bond donors (Lipinski definition) is 0. The van der Waals surface area contributed by atoms with Gasteiger partial charge in [0.2, 0.25) is 0 Å². The van der Waals surface area contributed by atoms with Gasteiger partial charge in [0.1, 0.15) is 23.3 Å². The van der Waals surface area contributed by atoms with Gasteiger partial charge in [-0.2, -0.15) is 0 Å². The number of halogens is 1. The van der Waals surface area contributed by atoms with Crippen molar-refractivity contribution in [2.45, 2.75) is 6.61 Å². The highest BCUT2D eigenvalue weighted by molar-refractivity contribution is 6.29. The number of fused-ring (bicyclic) bond motifs is 1. The molecule has 20 heavy (non-hydrogen) atoms. The highest BCUT2D eigenvalue weighted by Gasteiger charge is 2.06. The predicted molar refractivity (Wildman–Crippen MR) is 75.3 cm³/mol. The van der Waals surface area contributed by atoms with E-state index in [1.165, 1.54) is 0 Å². The third kappa shape index (κ3) is 2.53. The minimum Gasteiger partial charge on any atom is -0.497 e. The zero-order chi connectivity index (χ0) is 13.9. The molecule has 3 aromatic rings. The number of rotatable bonds is 4. The summed E-state index contributed by atoms with van der Waals surface area (Å²) in [6.07, 6.45) is 0. The van der Waals surface area contributed by atoms with Crippen LogP contribution < -0.4 is 9.47 Å². The second-order valence-corrected chi connectivity index (χ2v) is 4.50. The topological polar surface area (TPSA) is 48.7 Å². The van der Waals surface area contributed by atoms with Crippen LogP contribution in [0, 0.1) is 0 Å². The summed E-state index contributed by atoms with van der Waals surface area (Å²) in [5, 5.41) is 4.80. The zero-order valence-electron chi connectivity index (χ0n) is 10.8. The number of hydrogen-bond acceptors (Lipinski definition) is 4. The molecule has 0 N–H and O–H groups in total. The Labute approximate surface area is 120 Å². The molecule has 0 atom stereocenters. The summed E-state index contributed by atoms with van der Waals surface area (Å²) in [6.45, 7) is 0.282. The third-order valence-corrected chi connectivity index (χ3v) is 3.07. The predicted octanol–water partition coefficient (Wildman–Crippen LogP) is 2.97. The van der Waals surface area contributed by atoms with Crippen LogP contribution in [-0.4, -0.2) is 21.7 Å². The maximum atomic E-state index is 6.03. The van der Waals surface area contributed by atoms with Crippen molar-refractivity contribution in [2.75, 3.05) is 7.11 Å². The molecule has 0 saturated heterocycles. The molecule has 0 aliphatic carbocycles. The number of methoxy groups -OCH3 is 1. The van der Waals surface area contributed by atoms with E-state index in [1.807, 2.05) is 36.4 Å². The first-order chi connectivity index (χ1) is 9.76. The fraction of sp³-hybridized carbons (Fsp3) is 0.143. The summed E-state index contributed by atoms with van der Waals surface area (Å²) in [4.78, 5) is 4.34. The van der Waals surface area contributed by atoms with Gasteiger partial charge < -0.3 is 9.47 Å². The van der Waals surface area contributed by atoms with Gasteiger partial charge in [-0.3, -0.25) is 0 Å². The lowest BCUT2D eigenvalue weighted by Gasteiger charge is -2.04. The van der Waals surface area contributed by atoms with Crippen LogP contribution in [0.4, 0.5) is 0 Å². The minimum absolute atomic E-state index is 0.282. The number of aromatic nitrogens is 3. The third-order valence-electron chi connectivity index (χ3n) is 2.78. The Morgan fingerprint density at radius 2 is 1.85 bits per heavy atom. The first-order valence-electron chi connectivity index (χ1n) is 6.03. The second-order valence-electron chi connectivity index (χ2n) is 4.11. The van der Waals surface area contributed by atoms with E-state index in [9.17, 15) is 0 Å². The van der Waals surface area contributed by atoms with Crippen molar-refractivity contribution >= 4 is 17.2 Å². The van der Waals surface area contributed by atoms with Crippen LogP contribution in [0.3, 0.4) is 0 Å². The summed E-state index contributed by atoms with van der Waals surface area (Å²) in [7, 11) is 1.63. The van der Waals surface area contributed by atoms with Gasteiger partial charge in [-0.15, -0.1) is 5.10 Å². The lowest BCUT2D eigenvalue weighted by atomic mass is 10.3. The molecule has 0 aliphatic heterocycles. The van der Waals surface area contributed by atoms with Gasteiger partial charge in [-0.25, -0.2) is 9.50 Å². The number of benzene rings is 1. The summed E-state index contributed by atoms with van der Waals surface area (Å²) < 4.78 is 12.3. The molecular formula is C14H12ClN3O2. The van der Waals surface area contributed by atoms with E-state index in [0.29, 0.717) is 16.6 Å². The largest absolute Gasteiger partial charge is 0.497 e. The second kappa shape index (κ2) is 5.38. The molecule has 1 aromatic carbocycles. The van der Waals surface area contributed by atoms with Crippen molar-refractivity contribution in [1.29, 1.82) is 0 Å². The van der Waals surface area contributed by atoms with E-state index in [-0.39, 0.29) is 6.61 Å². The number of ether oxygens (including phenoxy) is 2. The molecule has 0 fully saturated rings. The van der Waals surface area contributed by atoms with E-state index < -0.39 is 0 Å². The molecule has 5 nitrogen and oxygen atoms in total. The number of pyridine rings is 1. The van der Waals surface area contributed by atoms with Gasteiger partial charge in [0.05, 0.1) is 7.11 Å². The van der Waals surface area contributed by atoms with E-state index in [2.05, 4.69) is 10.1 Å². The monoisotopic (exact) mass is 289 g/mol. The Balaban J connectivity index is 1.74. The van der Waals surface area contributed by atoms with Crippen molar-refractivity contribution in [2.24, 2.45) is 0 Å². The maximum Gasteiger partial charge on any atom is 0.189 e. The van der Waals surface area contributed by atoms with Crippen LogP contribution in [-0.2, 0) is 6.61 Å². The lowest BCUT2D eigenvalue weighted by molar-refractivity contribution is 0.295. The standard InChI is InChI=1S/C14H12ClN3O2/c1-19-10-5-7-11(8-6-10)20-9-13-16-14-4-2-3-12(15)18(14)17-13/h2-8H,9H2,1H3. The fourth-order valence-corrected chi connectivity index (χ4v) is 2.00. The van der Waals surface area contributed by atoms with Crippen LogP contribution >= 0.6 is 11.6 Å². The average molecular weight is 290 g/mol. The molecule has 6 heteroatoms. The molecule has 2 heterocycles. The van der Waals surface area contributed by atoms with Gasteiger partial charge >= 0.3 is 0 Å². The summed E-state index contributed by atoms with van der Waals surface area (Å²) in [5.74, 6) is 2.10. The van der Waals surface area contributed by atoms with Crippen LogP contribution in [0.1, 0.15) is 5.82 Å². The van der Waals surface area contributed by atoms with Crippen LogP contribution in [0.2, 0.25) is 5.15 Å². The molecule has 0 bridgehead atoms. The highest BCUT2D eigenvalue weighted by atomic mass is 35.5. The van der Waals surface area contributed by atoms with Crippen LogP contribution in [0.5, 0.6) is 11.5 Å². The zero-order valence-corrected chi connectivity index (χ0v) is 11.5. The summed E-state index contributed by atoms with van der Waals surface area (Å²) in [5.41, 5.74) is 0.700. The van der Waals surface area contributed by atoms with Crippen LogP contribution in [0.15, 0.2) is 42.5 Å². The van der Waals surface area contributed by atoms with Crippen molar-refractivity contribution in [3.05, 3.63) is 53.4 Å². The Morgan fingerprint density at radius 3 is 2.55 bits per heavy atom. The van der Waals surface area contributed by atoms with Gasteiger partial charge in [0.25, 0.3) is 0 Å². The first kappa shape index (κ1) is 12.7. The smallest absolute Gasteiger partial charge is 0.189 e. The molecule has 0 aliphatic rings. The first-order valence-corrected chi connectivity index (χ1v) is 6.41. The Hall–Kier alpha value is -2.27. The van der Waals surface area contributed by atoms with E-state index in [1.54, 1.807) is 17.7 Å². The van der Waals surface area contributed by atoms with E-state index in [4.69, 9.17) is 21.1 Å². The molecule has 102 valence electrons. The van der Waals surface area contributed by atoms with Crippen molar-refractivity contribution in [3.63, 3.8) is 0 Å². The van der Waals surface area contributed by atoms with E-state index in [0.717, 1.165) is 11.5 Å². The molecule has 0 amide bonds. The Kier molecular flexibility index (Phi) is 3.43. The molecule has 3 rings (SSSR count). The molecule has 0 saturated carbocycles. The van der Waals surface area contributed by atoms with Crippen molar-refractivity contribution < 1.29 is 9.47 Å². The molecule has 0 unspecified atom stereocenters. The molecule has 0 spiro atoms. The van der Waals surface area contributed by atoms with Crippen molar-refractivity contribution in [3.8, 4) is 11.5 Å². The van der Waals surface area contributed by atoms with Gasteiger partial charge in [0, 0.05) is 0 Å². The minimum atomic E-state index is 0.282.